The Hall–Kier alpha value is -0.340. The fourth-order valence-electron chi connectivity index (χ4n) is 0. The van der Waals surface area contributed by atoms with Gasteiger partial charge >= 0.3 is 6.68 Å². The maximum absolute atomic E-state index is 9.67. The molecule has 0 bridgehead atoms. The Morgan fingerprint density at radius 1 is 1.33 bits per heavy atom. The highest BCUT2D eigenvalue weighted by molar-refractivity contribution is 7.67. The van der Waals surface area contributed by atoms with Gasteiger partial charge in [0.05, 0.1) is 0 Å². The van der Waals surface area contributed by atoms with E-state index in [0.717, 1.165) is 0 Å². The standard InChI is InChI=1S/CHF3.H2O4S/c2-1(3)4;1-4-5(2)3/h1H;1,5H. The second-order valence-corrected chi connectivity index (χ2v) is 1.16. The van der Waals surface area contributed by atoms with Gasteiger partial charge in [0, 0.05) is 0 Å². The second kappa shape index (κ2) is 7.66. The van der Waals surface area contributed by atoms with Crippen molar-refractivity contribution in [3.8, 4) is 0 Å². The fraction of sp³-hybridized carbons (Fsp3) is 1.00. The molecule has 8 heteroatoms. The van der Waals surface area contributed by atoms with Crippen molar-refractivity contribution in [3.63, 3.8) is 0 Å². The first kappa shape index (κ1) is 11.5. The van der Waals surface area contributed by atoms with Crippen molar-refractivity contribution in [2.24, 2.45) is 0 Å². The van der Waals surface area contributed by atoms with Crippen LogP contribution in [-0.2, 0) is 15.3 Å². The topological polar surface area (TPSA) is 63.6 Å². The summed E-state index contributed by atoms with van der Waals surface area (Å²) in [4.78, 5) is 0. The Morgan fingerprint density at radius 3 is 1.44 bits per heavy atom. The monoisotopic (exact) mass is 168 g/mol. The largest absolute Gasteiger partial charge is 0.379 e. The molecule has 9 heavy (non-hydrogen) atoms. The minimum Gasteiger partial charge on any atom is -0.235 e. The highest BCUT2D eigenvalue weighted by atomic mass is 32.2. The number of rotatable bonds is 1. The third kappa shape index (κ3) is 89.1. The first-order valence-electron chi connectivity index (χ1n) is 1.38. The Morgan fingerprint density at radius 2 is 1.44 bits per heavy atom. The van der Waals surface area contributed by atoms with Gasteiger partial charge in [0.2, 0.25) is 0 Å². The molecular weight excluding hydrogens is 165 g/mol. The lowest BCUT2D eigenvalue weighted by atomic mass is 11.6. The average molecular weight is 168 g/mol. The van der Waals surface area contributed by atoms with Crippen LogP contribution < -0.4 is 0 Å². The average Bonchev–Trinajstić information content (AvgIpc) is 1.65. The summed E-state index contributed by atoms with van der Waals surface area (Å²) < 4.78 is 49.6. The van der Waals surface area contributed by atoms with Gasteiger partial charge in [-0.1, -0.05) is 0 Å². The first-order valence-corrected chi connectivity index (χ1v) is 2.48. The molecule has 0 aromatic carbocycles. The zero-order valence-electron chi connectivity index (χ0n) is 3.83. The van der Waals surface area contributed by atoms with Crippen LogP contribution in [0.2, 0.25) is 0 Å². The molecule has 1 N–H and O–H groups in total. The lowest BCUT2D eigenvalue weighted by molar-refractivity contribution is -0.125. The van der Waals surface area contributed by atoms with Gasteiger partial charge in [-0.05, 0) is 0 Å². The van der Waals surface area contributed by atoms with Crippen molar-refractivity contribution in [1.29, 1.82) is 0 Å². The van der Waals surface area contributed by atoms with Crippen LogP contribution in [0, 0.1) is 0 Å². The predicted octanol–water partition coefficient (Wildman–Crippen LogP) is 0.181. The molecule has 0 aromatic heterocycles. The molecule has 0 aliphatic rings. The van der Waals surface area contributed by atoms with Crippen molar-refractivity contribution < 1.29 is 31.2 Å². The van der Waals surface area contributed by atoms with Gasteiger partial charge in [-0.2, -0.15) is 13.2 Å². The Bertz CT molecular complexity index is 99.6. The van der Waals surface area contributed by atoms with Gasteiger partial charge in [0.1, 0.15) is 0 Å². The summed E-state index contributed by atoms with van der Waals surface area (Å²) in [5, 5.41) is 7.05. The lowest BCUT2D eigenvalue weighted by Gasteiger charge is -1.65. The van der Waals surface area contributed by atoms with Crippen LogP contribution in [0.5, 0.6) is 0 Å². The van der Waals surface area contributed by atoms with E-state index in [0.29, 0.717) is 0 Å². The van der Waals surface area contributed by atoms with E-state index in [9.17, 15) is 13.2 Å². The van der Waals surface area contributed by atoms with E-state index in [1.54, 1.807) is 0 Å². The summed E-state index contributed by atoms with van der Waals surface area (Å²) in [6.07, 6.45) is 0. The molecule has 0 aliphatic heterocycles. The van der Waals surface area contributed by atoms with Gasteiger partial charge in [-0.3, -0.25) is 0 Å². The van der Waals surface area contributed by atoms with Gasteiger partial charge < -0.3 is 0 Å². The molecule has 0 rings (SSSR count). The fourth-order valence-corrected chi connectivity index (χ4v) is 0. The molecule has 0 saturated heterocycles. The third-order valence-corrected chi connectivity index (χ3v) is 0.200. The van der Waals surface area contributed by atoms with Crippen LogP contribution in [0.3, 0.4) is 0 Å². The van der Waals surface area contributed by atoms with Crippen LogP contribution in [0.1, 0.15) is 0 Å². The second-order valence-electron chi connectivity index (χ2n) is 0.553. The molecule has 0 atom stereocenters. The first-order chi connectivity index (χ1) is 4.00. The number of hydrogen-bond acceptors (Lipinski definition) is 4. The zero-order chi connectivity index (χ0) is 7.86. The summed E-state index contributed by atoms with van der Waals surface area (Å²) in [7, 11) is -3.04. The van der Waals surface area contributed by atoms with E-state index in [2.05, 4.69) is 4.33 Å². The van der Waals surface area contributed by atoms with E-state index < -0.39 is 17.7 Å². The quantitative estimate of drug-likeness (QED) is 0.333. The van der Waals surface area contributed by atoms with Crippen LogP contribution >= 0.6 is 0 Å². The molecule has 0 heterocycles. The summed E-state index contributed by atoms with van der Waals surface area (Å²) in [6, 6.07) is 0. The van der Waals surface area contributed by atoms with Crippen molar-refractivity contribution in [2.75, 3.05) is 0 Å². The van der Waals surface area contributed by atoms with Crippen molar-refractivity contribution in [1.82, 2.24) is 0 Å². The molecule has 4 nitrogen and oxygen atoms in total. The van der Waals surface area contributed by atoms with Gasteiger partial charge in [0.25, 0.3) is 11.0 Å². The Balaban J connectivity index is 0. The van der Waals surface area contributed by atoms with Crippen molar-refractivity contribution in [2.45, 2.75) is 6.68 Å². The summed E-state index contributed by atoms with van der Waals surface area (Å²) in [6.45, 7) is -3.67. The van der Waals surface area contributed by atoms with Crippen molar-refractivity contribution in [3.05, 3.63) is 0 Å². The molecule has 0 amide bonds. The normalized spacial score (nSPS) is 9.11. The zero-order valence-corrected chi connectivity index (χ0v) is 4.72. The van der Waals surface area contributed by atoms with Crippen LogP contribution in [0.25, 0.3) is 0 Å². The maximum atomic E-state index is 9.67. The van der Waals surface area contributed by atoms with E-state index in [1.165, 1.54) is 0 Å². The van der Waals surface area contributed by atoms with Crippen LogP contribution in [-0.4, -0.2) is 20.4 Å². The highest BCUT2D eigenvalue weighted by Gasteiger charge is 1.86. The number of halogens is 3. The number of thiol groups is 1. The molecule has 0 aromatic rings. The highest BCUT2D eigenvalue weighted by Crippen LogP contribution is 1.87. The van der Waals surface area contributed by atoms with Crippen LogP contribution in [0.4, 0.5) is 13.2 Å². The van der Waals surface area contributed by atoms with E-state index in [4.69, 9.17) is 13.7 Å². The van der Waals surface area contributed by atoms with Crippen molar-refractivity contribution >= 4 is 11.0 Å². The molecule has 0 saturated carbocycles. The SMILES string of the molecule is FC(F)F.O=[SH](=O)OO. The summed E-state index contributed by atoms with van der Waals surface area (Å²) in [5.41, 5.74) is 0. The number of alkyl halides is 3. The molecule has 0 radical (unpaired) electrons. The minimum absolute atomic E-state index is 2.70. The Kier molecular flexibility index (Phi) is 9.75. The third-order valence-electron chi connectivity index (χ3n) is 0.0667. The molecule has 0 unspecified atom stereocenters. The molecular formula is CH3F3O4S. The van der Waals surface area contributed by atoms with E-state index in [1.807, 2.05) is 0 Å². The number of hydrogen-bond donors (Lipinski definition) is 2. The lowest BCUT2D eigenvalue weighted by Crippen LogP contribution is -1.74. The maximum Gasteiger partial charge on any atom is 0.379 e. The molecule has 58 valence electrons. The van der Waals surface area contributed by atoms with Gasteiger partial charge in [0.15, 0.2) is 0 Å². The molecule has 0 aliphatic carbocycles. The van der Waals surface area contributed by atoms with Crippen LogP contribution in [0.15, 0.2) is 0 Å². The predicted molar refractivity (Wildman–Crippen MR) is 21.1 cm³/mol. The molecule has 0 fully saturated rings. The van der Waals surface area contributed by atoms with E-state index in [-0.39, 0.29) is 0 Å². The molecule has 0 spiro atoms. The summed E-state index contributed by atoms with van der Waals surface area (Å²) in [5.74, 6) is 0. The minimum atomic E-state index is -3.67. The Labute approximate surface area is 49.9 Å². The van der Waals surface area contributed by atoms with E-state index >= 15 is 0 Å². The van der Waals surface area contributed by atoms with Gasteiger partial charge in [-0.15, -0.1) is 4.33 Å². The van der Waals surface area contributed by atoms with Gasteiger partial charge in [-0.25, -0.2) is 13.7 Å². The summed E-state index contributed by atoms with van der Waals surface area (Å²) >= 11 is 0. The smallest absolute Gasteiger partial charge is 0.235 e.